The van der Waals surface area contributed by atoms with Crippen molar-refractivity contribution in [1.29, 1.82) is 0 Å². The van der Waals surface area contributed by atoms with Gasteiger partial charge in [0.05, 0.1) is 17.3 Å². The van der Waals surface area contributed by atoms with Crippen LogP contribution in [-0.2, 0) is 6.54 Å². The molecule has 0 aliphatic heterocycles. The van der Waals surface area contributed by atoms with Crippen LogP contribution < -0.4 is 5.32 Å². The molecule has 0 radical (unpaired) electrons. The van der Waals surface area contributed by atoms with Crippen LogP contribution in [0.15, 0.2) is 30.5 Å². The summed E-state index contributed by atoms with van der Waals surface area (Å²) in [5, 5.41) is 2.84. The van der Waals surface area contributed by atoms with Crippen molar-refractivity contribution in [2.45, 2.75) is 6.54 Å². The molecule has 0 amide bonds. The Labute approximate surface area is 96.2 Å². The Balaban J connectivity index is 2.15. The molecule has 0 aliphatic carbocycles. The third-order valence-corrected chi connectivity index (χ3v) is 2.42. The normalized spacial score (nSPS) is 10.4. The SMILES string of the molecule is Fc1cc(F)c(NCc2ccc[nH]2)c(Cl)c1. The molecule has 0 saturated heterocycles. The first kappa shape index (κ1) is 11.0. The first-order valence-electron chi connectivity index (χ1n) is 4.67. The number of anilines is 1. The lowest BCUT2D eigenvalue weighted by Gasteiger charge is -2.08. The molecular formula is C11H9ClF2N2. The van der Waals surface area contributed by atoms with Crippen LogP contribution in [-0.4, -0.2) is 4.98 Å². The van der Waals surface area contributed by atoms with Crippen LogP contribution in [0.25, 0.3) is 0 Å². The maximum Gasteiger partial charge on any atom is 0.150 e. The van der Waals surface area contributed by atoms with Crippen LogP contribution in [0.2, 0.25) is 5.02 Å². The Kier molecular flexibility index (Phi) is 3.10. The van der Waals surface area contributed by atoms with Gasteiger partial charge in [-0.3, -0.25) is 0 Å². The molecule has 2 rings (SSSR count). The summed E-state index contributed by atoms with van der Waals surface area (Å²) in [6.07, 6.45) is 1.76. The maximum atomic E-state index is 13.3. The van der Waals surface area contributed by atoms with Crippen molar-refractivity contribution < 1.29 is 8.78 Å². The molecule has 0 saturated carbocycles. The van der Waals surface area contributed by atoms with Gasteiger partial charge in [0.25, 0.3) is 0 Å². The number of aromatic nitrogens is 1. The van der Waals surface area contributed by atoms with Gasteiger partial charge < -0.3 is 10.3 Å². The summed E-state index contributed by atoms with van der Waals surface area (Å²) in [5.41, 5.74) is 0.998. The third-order valence-electron chi connectivity index (χ3n) is 2.12. The van der Waals surface area contributed by atoms with Crippen molar-refractivity contribution in [3.63, 3.8) is 0 Å². The molecule has 5 heteroatoms. The molecule has 1 heterocycles. The molecule has 0 atom stereocenters. The molecule has 0 fully saturated rings. The molecular weight excluding hydrogens is 234 g/mol. The summed E-state index contributed by atoms with van der Waals surface area (Å²) in [6.45, 7) is 0.398. The van der Waals surface area contributed by atoms with Crippen molar-refractivity contribution in [1.82, 2.24) is 4.98 Å². The summed E-state index contributed by atoms with van der Waals surface area (Å²) in [4.78, 5) is 2.96. The van der Waals surface area contributed by atoms with Gasteiger partial charge in [-0.1, -0.05) is 11.6 Å². The Morgan fingerprint density at radius 1 is 1.31 bits per heavy atom. The Bertz CT molecular complexity index is 460. The molecule has 2 nitrogen and oxygen atoms in total. The van der Waals surface area contributed by atoms with Gasteiger partial charge in [-0.15, -0.1) is 0 Å². The summed E-state index contributed by atoms with van der Waals surface area (Å²) >= 11 is 5.72. The molecule has 1 aromatic carbocycles. The standard InChI is InChI=1S/C11H9ClF2N2/c12-9-4-7(13)5-10(14)11(9)16-6-8-2-1-3-15-8/h1-5,15-16H,6H2. The van der Waals surface area contributed by atoms with Crippen molar-refractivity contribution in [2.75, 3.05) is 5.32 Å². The second-order valence-corrected chi connectivity index (χ2v) is 3.70. The smallest absolute Gasteiger partial charge is 0.150 e. The second-order valence-electron chi connectivity index (χ2n) is 3.29. The van der Waals surface area contributed by atoms with Crippen molar-refractivity contribution in [3.05, 3.63) is 52.8 Å². The minimum absolute atomic E-state index is 0.0315. The lowest BCUT2D eigenvalue weighted by molar-refractivity contribution is 0.585. The van der Waals surface area contributed by atoms with Gasteiger partial charge in [0.2, 0.25) is 0 Å². The van der Waals surface area contributed by atoms with Gasteiger partial charge in [-0.05, 0) is 18.2 Å². The lowest BCUT2D eigenvalue weighted by atomic mass is 10.3. The Morgan fingerprint density at radius 2 is 2.12 bits per heavy atom. The molecule has 16 heavy (non-hydrogen) atoms. The average molecular weight is 243 g/mol. The van der Waals surface area contributed by atoms with E-state index >= 15 is 0 Å². The molecule has 1 aromatic heterocycles. The largest absolute Gasteiger partial charge is 0.376 e. The molecule has 0 spiro atoms. The highest BCUT2D eigenvalue weighted by atomic mass is 35.5. The Hall–Kier alpha value is -1.55. The Morgan fingerprint density at radius 3 is 2.75 bits per heavy atom. The predicted molar refractivity (Wildman–Crippen MR) is 59.5 cm³/mol. The molecule has 0 unspecified atom stereocenters. The number of hydrogen-bond donors (Lipinski definition) is 2. The third kappa shape index (κ3) is 2.33. The zero-order valence-electron chi connectivity index (χ0n) is 8.23. The second kappa shape index (κ2) is 4.53. The van der Waals surface area contributed by atoms with Crippen LogP contribution in [0, 0.1) is 11.6 Å². The van der Waals surface area contributed by atoms with E-state index in [1.54, 1.807) is 6.20 Å². The van der Waals surface area contributed by atoms with Crippen LogP contribution in [0.1, 0.15) is 5.69 Å². The maximum absolute atomic E-state index is 13.3. The van der Waals surface area contributed by atoms with Crippen LogP contribution in [0.4, 0.5) is 14.5 Å². The highest BCUT2D eigenvalue weighted by molar-refractivity contribution is 6.33. The monoisotopic (exact) mass is 242 g/mol. The van der Waals surface area contributed by atoms with Crippen LogP contribution in [0.3, 0.4) is 0 Å². The fourth-order valence-electron chi connectivity index (χ4n) is 1.37. The van der Waals surface area contributed by atoms with Crippen molar-refractivity contribution in [2.24, 2.45) is 0 Å². The zero-order valence-corrected chi connectivity index (χ0v) is 8.98. The number of benzene rings is 1. The van der Waals surface area contributed by atoms with Gasteiger partial charge in [0, 0.05) is 18.0 Å². The van der Waals surface area contributed by atoms with E-state index < -0.39 is 11.6 Å². The number of aromatic amines is 1. The van der Waals surface area contributed by atoms with E-state index in [1.807, 2.05) is 12.1 Å². The van der Waals surface area contributed by atoms with E-state index in [0.29, 0.717) is 6.54 Å². The zero-order chi connectivity index (χ0) is 11.5. The lowest BCUT2D eigenvalue weighted by Crippen LogP contribution is -2.02. The van der Waals surface area contributed by atoms with E-state index in [0.717, 1.165) is 17.8 Å². The van der Waals surface area contributed by atoms with Gasteiger partial charge in [0.15, 0.2) is 5.82 Å². The van der Waals surface area contributed by atoms with E-state index in [1.165, 1.54) is 0 Å². The molecule has 84 valence electrons. The average Bonchev–Trinajstić information content (AvgIpc) is 2.68. The van der Waals surface area contributed by atoms with Crippen molar-refractivity contribution in [3.8, 4) is 0 Å². The molecule has 2 N–H and O–H groups in total. The van der Waals surface area contributed by atoms with Gasteiger partial charge in [0.1, 0.15) is 5.82 Å². The number of hydrogen-bond acceptors (Lipinski definition) is 1. The van der Waals surface area contributed by atoms with E-state index in [2.05, 4.69) is 10.3 Å². The fourth-order valence-corrected chi connectivity index (χ4v) is 1.63. The van der Waals surface area contributed by atoms with Crippen molar-refractivity contribution >= 4 is 17.3 Å². The van der Waals surface area contributed by atoms with Gasteiger partial charge in [-0.2, -0.15) is 0 Å². The topological polar surface area (TPSA) is 27.8 Å². The fraction of sp³-hybridized carbons (Fsp3) is 0.0909. The van der Waals surface area contributed by atoms with Crippen LogP contribution in [0.5, 0.6) is 0 Å². The van der Waals surface area contributed by atoms with E-state index in [-0.39, 0.29) is 10.7 Å². The summed E-state index contributed by atoms with van der Waals surface area (Å²) in [5.74, 6) is -1.38. The minimum atomic E-state index is -0.698. The molecule has 2 aromatic rings. The first-order valence-corrected chi connectivity index (χ1v) is 5.05. The quantitative estimate of drug-likeness (QED) is 0.846. The number of rotatable bonds is 3. The van der Waals surface area contributed by atoms with Gasteiger partial charge in [-0.25, -0.2) is 8.78 Å². The number of nitrogens with one attached hydrogen (secondary N) is 2. The predicted octanol–water partition coefficient (Wildman–Crippen LogP) is 3.56. The summed E-state index contributed by atoms with van der Waals surface area (Å²) in [6, 6.07) is 5.55. The minimum Gasteiger partial charge on any atom is -0.376 e. The first-order chi connectivity index (χ1) is 7.66. The van der Waals surface area contributed by atoms with Crippen LogP contribution >= 0.6 is 11.6 Å². The molecule has 0 bridgehead atoms. The highest BCUT2D eigenvalue weighted by Crippen LogP contribution is 2.26. The summed E-state index contributed by atoms with van der Waals surface area (Å²) in [7, 11) is 0. The number of halogens is 3. The molecule has 0 aliphatic rings. The van der Waals surface area contributed by atoms with E-state index in [4.69, 9.17) is 11.6 Å². The number of H-pyrrole nitrogens is 1. The summed E-state index contributed by atoms with van der Waals surface area (Å²) < 4.78 is 26.1. The van der Waals surface area contributed by atoms with E-state index in [9.17, 15) is 8.78 Å². The highest BCUT2D eigenvalue weighted by Gasteiger charge is 2.09. The van der Waals surface area contributed by atoms with Gasteiger partial charge >= 0.3 is 0 Å².